The van der Waals surface area contributed by atoms with Gasteiger partial charge in [-0.25, -0.2) is 0 Å². The Kier molecular flexibility index (Phi) is 12.4. The van der Waals surface area contributed by atoms with E-state index < -0.39 is 0 Å². The third-order valence-corrected chi connectivity index (χ3v) is 4.55. The second-order valence-corrected chi connectivity index (χ2v) is 6.96. The van der Waals surface area contributed by atoms with Crippen LogP contribution in [0.1, 0.15) is 20.8 Å². The zero-order valence-corrected chi connectivity index (χ0v) is 19.2. The quantitative estimate of drug-likeness (QED) is 0.283. The van der Waals surface area contributed by atoms with Gasteiger partial charge in [-0.3, -0.25) is 9.89 Å². The van der Waals surface area contributed by atoms with Crippen molar-refractivity contribution in [3.05, 3.63) is 30.3 Å². The lowest BCUT2D eigenvalue weighted by atomic mass is 10.0. The van der Waals surface area contributed by atoms with Crippen molar-refractivity contribution in [1.29, 1.82) is 0 Å². The lowest BCUT2D eigenvalue weighted by Gasteiger charge is -2.27. The maximum atomic E-state index is 5.40. The number of hydrogen-bond acceptors (Lipinski definition) is 4. The number of para-hydroxylation sites is 1. The summed E-state index contributed by atoms with van der Waals surface area (Å²) in [6, 6.07) is 10.7. The number of benzene rings is 1. The molecule has 2 rings (SSSR count). The van der Waals surface area contributed by atoms with Gasteiger partial charge in [-0.15, -0.1) is 24.0 Å². The Morgan fingerprint density at radius 2 is 1.85 bits per heavy atom. The molecule has 0 aromatic heterocycles. The minimum Gasteiger partial charge on any atom is -0.380 e. The highest BCUT2D eigenvalue weighted by molar-refractivity contribution is 14.0. The topological polar surface area (TPSA) is 60.9 Å². The average Bonchev–Trinajstić information content (AvgIpc) is 2.66. The summed E-state index contributed by atoms with van der Waals surface area (Å²) in [5.74, 6) is 1.39. The molecule has 0 spiro atoms. The number of rotatable bonds is 9. The van der Waals surface area contributed by atoms with Crippen LogP contribution in [-0.4, -0.2) is 69.4 Å². The van der Waals surface area contributed by atoms with Crippen molar-refractivity contribution in [1.82, 2.24) is 15.5 Å². The summed E-state index contributed by atoms with van der Waals surface area (Å²) < 4.78 is 5.40. The maximum Gasteiger partial charge on any atom is 0.191 e. The highest BCUT2D eigenvalue weighted by Gasteiger charge is 2.13. The molecule has 6 nitrogen and oxygen atoms in total. The van der Waals surface area contributed by atoms with Crippen LogP contribution >= 0.6 is 24.0 Å². The Labute approximate surface area is 181 Å². The number of ether oxygens (including phenoxy) is 1. The van der Waals surface area contributed by atoms with Crippen molar-refractivity contribution in [2.45, 2.75) is 26.8 Å². The van der Waals surface area contributed by atoms with E-state index in [1.54, 1.807) is 0 Å². The first-order chi connectivity index (χ1) is 12.7. The van der Waals surface area contributed by atoms with Crippen LogP contribution in [-0.2, 0) is 4.74 Å². The SMILES string of the molecule is CCNC(=NCC(Nc1ccccc1)C(C)C)NCCN1CCOCC1.I. The molecule has 0 bridgehead atoms. The van der Waals surface area contributed by atoms with Crippen molar-refractivity contribution in [2.24, 2.45) is 10.9 Å². The smallest absolute Gasteiger partial charge is 0.191 e. The van der Waals surface area contributed by atoms with Gasteiger partial charge >= 0.3 is 0 Å². The molecule has 0 aliphatic carbocycles. The fourth-order valence-corrected chi connectivity index (χ4v) is 2.86. The highest BCUT2D eigenvalue weighted by Crippen LogP contribution is 2.12. The van der Waals surface area contributed by atoms with Gasteiger partial charge in [0.1, 0.15) is 0 Å². The first-order valence-electron chi connectivity index (χ1n) is 9.83. The minimum absolute atomic E-state index is 0. The van der Waals surface area contributed by atoms with E-state index in [9.17, 15) is 0 Å². The Hall–Kier alpha value is -1.06. The largest absolute Gasteiger partial charge is 0.380 e. The van der Waals surface area contributed by atoms with Gasteiger partial charge in [0, 0.05) is 44.5 Å². The van der Waals surface area contributed by atoms with Gasteiger partial charge < -0.3 is 20.7 Å². The summed E-state index contributed by atoms with van der Waals surface area (Å²) in [7, 11) is 0. The maximum absolute atomic E-state index is 5.40. The molecule has 1 heterocycles. The molecule has 1 saturated heterocycles. The number of anilines is 1. The molecular formula is C20H36IN5O. The average molecular weight is 489 g/mol. The molecule has 1 aromatic rings. The zero-order chi connectivity index (χ0) is 18.6. The Bertz CT molecular complexity index is 520. The van der Waals surface area contributed by atoms with Crippen LogP contribution in [0.5, 0.6) is 0 Å². The third-order valence-electron chi connectivity index (χ3n) is 4.55. The molecule has 0 radical (unpaired) electrons. The fourth-order valence-electron chi connectivity index (χ4n) is 2.86. The van der Waals surface area contributed by atoms with Gasteiger partial charge in [0.15, 0.2) is 5.96 Å². The second-order valence-electron chi connectivity index (χ2n) is 6.96. The van der Waals surface area contributed by atoms with E-state index in [-0.39, 0.29) is 24.0 Å². The number of nitrogens with one attached hydrogen (secondary N) is 3. The van der Waals surface area contributed by atoms with Crippen LogP contribution in [0.2, 0.25) is 0 Å². The number of aliphatic imine (C=N–C) groups is 1. The Balaban J connectivity index is 0.00000364. The number of guanidine groups is 1. The summed E-state index contributed by atoms with van der Waals surface area (Å²) >= 11 is 0. The van der Waals surface area contributed by atoms with Gasteiger partial charge in [-0.05, 0) is 25.0 Å². The van der Waals surface area contributed by atoms with Crippen LogP contribution in [0.3, 0.4) is 0 Å². The standard InChI is InChI=1S/C20H35N5O.HI/c1-4-21-20(22-10-11-25-12-14-26-15-13-25)23-16-19(17(2)3)24-18-8-6-5-7-9-18;/h5-9,17,19,24H,4,10-16H2,1-3H3,(H2,21,22,23);1H. The Morgan fingerprint density at radius 1 is 1.15 bits per heavy atom. The molecule has 1 aliphatic rings. The van der Waals surface area contributed by atoms with Gasteiger partial charge in [0.2, 0.25) is 0 Å². The number of halogens is 1. The Morgan fingerprint density at radius 3 is 2.48 bits per heavy atom. The normalized spacial score (nSPS) is 16.5. The summed E-state index contributed by atoms with van der Waals surface area (Å²) in [6.45, 7) is 13.8. The first kappa shape index (κ1) is 24.0. The van der Waals surface area contributed by atoms with E-state index in [0.29, 0.717) is 12.0 Å². The van der Waals surface area contributed by atoms with Gasteiger partial charge in [-0.1, -0.05) is 32.0 Å². The van der Waals surface area contributed by atoms with E-state index in [2.05, 4.69) is 65.9 Å². The monoisotopic (exact) mass is 489 g/mol. The van der Waals surface area contributed by atoms with Crippen molar-refractivity contribution in [3.63, 3.8) is 0 Å². The molecule has 1 unspecified atom stereocenters. The first-order valence-corrected chi connectivity index (χ1v) is 9.83. The lowest BCUT2D eigenvalue weighted by molar-refractivity contribution is 0.0389. The van der Waals surface area contributed by atoms with E-state index in [4.69, 9.17) is 9.73 Å². The van der Waals surface area contributed by atoms with E-state index in [1.807, 2.05) is 6.07 Å². The van der Waals surface area contributed by atoms with E-state index in [0.717, 1.165) is 64.1 Å². The second kappa shape index (κ2) is 14.0. The third kappa shape index (κ3) is 9.62. The van der Waals surface area contributed by atoms with Gasteiger partial charge in [0.05, 0.1) is 19.8 Å². The lowest BCUT2D eigenvalue weighted by Crippen LogP contribution is -2.45. The molecule has 27 heavy (non-hydrogen) atoms. The molecule has 0 saturated carbocycles. The molecule has 154 valence electrons. The summed E-state index contributed by atoms with van der Waals surface area (Å²) in [4.78, 5) is 7.23. The van der Waals surface area contributed by atoms with Crippen LogP contribution in [0.25, 0.3) is 0 Å². The summed E-state index contributed by atoms with van der Waals surface area (Å²) in [6.07, 6.45) is 0. The fraction of sp³-hybridized carbons (Fsp3) is 0.650. The highest BCUT2D eigenvalue weighted by atomic mass is 127. The van der Waals surface area contributed by atoms with Crippen LogP contribution in [0, 0.1) is 5.92 Å². The molecule has 1 atom stereocenters. The van der Waals surface area contributed by atoms with Gasteiger partial charge in [-0.2, -0.15) is 0 Å². The molecule has 1 fully saturated rings. The predicted octanol–water partition coefficient (Wildman–Crippen LogP) is 2.63. The molecular weight excluding hydrogens is 453 g/mol. The van der Waals surface area contributed by atoms with Crippen molar-refractivity contribution < 1.29 is 4.74 Å². The van der Waals surface area contributed by atoms with Crippen molar-refractivity contribution in [3.8, 4) is 0 Å². The minimum atomic E-state index is 0. The molecule has 1 aliphatic heterocycles. The van der Waals surface area contributed by atoms with Crippen molar-refractivity contribution >= 4 is 35.6 Å². The predicted molar refractivity (Wildman–Crippen MR) is 125 cm³/mol. The number of hydrogen-bond donors (Lipinski definition) is 3. The van der Waals surface area contributed by atoms with Crippen LogP contribution in [0.4, 0.5) is 5.69 Å². The van der Waals surface area contributed by atoms with E-state index in [1.165, 1.54) is 0 Å². The number of nitrogens with zero attached hydrogens (tertiary/aromatic N) is 2. The summed E-state index contributed by atoms with van der Waals surface area (Å²) in [5, 5.41) is 10.4. The van der Waals surface area contributed by atoms with Crippen LogP contribution in [0.15, 0.2) is 35.3 Å². The number of morpholine rings is 1. The zero-order valence-electron chi connectivity index (χ0n) is 16.9. The summed E-state index contributed by atoms with van der Waals surface area (Å²) in [5.41, 5.74) is 1.15. The van der Waals surface area contributed by atoms with Crippen LogP contribution < -0.4 is 16.0 Å². The molecule has 3 N–H and O–H groups in total. The molecule has 0 amide bonds. The molecule has 1 aromatic carbocycles. The molecule has 7 heteroatoms. The van der Waals surface area contributed by atoms with Crippen molar-refractivity contribution in [2.75, 3.05) is 57.8 Å². The van der Waals surface area contributed by atoms with E-state index >= 15 is 0 Å². The van der Waals surface area contributed by atoms with Gasteiger partial charge in [0.25, 0.3) is 0 Å².